The summed E-state index contributed by atoms with van der Waals surface area (Å²) in [7, 11) is 0. The highest BCUT2D eigenvalue weighted by molar-refractivity contribution is 7.99. The fraction of sp³-hybridized carbons (Fsp3) is 1.00. The van der Waals surface area contributed by atoms with Crippen LogP contribution in [0.5, 0.6) is 0 Å². The molecule has 14 heavy (non-hydrogen) atoms. The van der Waals surface area contributed by atoms with E-state index in [0.717, 1.165) is 18.9 Å². The van der Waals surface area contributed by atoms with E-state index in [1.54, 1.807) is 0 Å². The van der Waals surface area contributed by atoms with Crippen LogP contribution in [0.25, 0.3) is 0 Å². The molecule has 0 amide bonds. The number of nitrogens with one attached hydrogen (secondary N) is 1. The zero-order valence-corrected chi connectivity index (χ0v) is 9.72. The molecule has 2 nitrogen and oxygen atoms in total. The highest BCUT2D eigenvalue weighted by atomic mass is 32.2. The Bertz CT molecular complexity index is 168. The van der Waals surface area contributed by atoms with E-state index in [9.17, 15) is 5.11 Å². The van der Waals surface area contributed by atoms with Gasteiger partial charge < -0.3 is 10.4 Å². The summed E-state index contributed by atoms with van der Waals surface area (Å²) in [6.07, 6.45) is 3.40. The predicted octanol–water partition coefficient (Wildman–Crippen LogP) is 1.49. The third-order valence-electron chi connectivity index (χ3n) is 3.63. The second kappa shape index (κ2) is 4.86. The van der Waals surface area contributed by atoms with Gasteiger partial charge in [-0.15, -0.1) is 0 Å². The minimum atomic E-state index is -0.0353. The molecule has 1 saturated heterocycles. The van der Waals surface area contributed by atoms with Crippen molar-refractivity contribution in [3.05, 3.63) is 0 Å². The SMILES string of the molecule is CC1CSCC1NCC1CCCC1O. The highest BCUT2D eigenvalue weighted by Crippen LogP contribution is 2.27. The van der Waals surface area contributed by atoms with Crippen LogP contribution in [0.2, 0.25) is 0 Å². The molecular weight excluding hydrogens is 194 g/mol. The van der Waals surface area contributed by atoms with Gasteiger partial charge in [0.15, 0.2) is 0 Å². The van der Waals surface area contributed by atoms with Crippen molar-refractivity contribution >= 4 is 11.8 Å². The smallest absolute Gasteiger partial charge is 0.0580 e. The maximum absolute atomic E-state index is 9.68. The Kier molecular flexibility index (Phi) is 3.74. The number of thioether (sulfide) groups is 1. The monoisotopic (exact) mass is 215 g/mol. The zero-order valence-electron chi connectivity index (χ0n) is 8.91. The largest absolute Gasteiger partial charge is 0.393 e. The van der Waals surface area contributed by atoms with Crippen LogP contribution in [0.3, 0.4) is 0 Å². The van der Waals surface area contributed by atoms with Gasteiger partial charge in [-0.05, 0) is 30.4 Å². The van der Waals surface area contributed by atoms with Gasteiger partial charge in [0, 0.05) is 18.3 Å². The zero-order chi connectivity index (χ0) is 9.97. The number of hydrogen-bond acceptors (Lipinski definition) is 3. The maximum Gasteiger partial charge on any atom is 0.0580 e. The molecule has 1 saturated carbocycles. The van der Waals surface area contributed by atoms with Crippen molar-refractivity contribution in [3.63, 3.8) is 0 Å². The third-order valence-corrected chi connectivity index (χ3v) is 4.98. The van der Waals surface area contributed by atoms with Gasteiger partial charge in [0.05, 0.1) is 6.10 Å². The predicted molar refractivity (Wildman–Crippen MR) is 61.6 cm³/mol. The van der Waals surface area contributed by atoms with Crippen molar-refractivity contribution < 1.29 is 5.11 Å². The lowest BCUT2D eigenvalue weighted by Crippen LogP contribution is -2.39. The van der Waals surface area contributed by atoms with Crippen molar-refractivity contribution in [1.82, 2.24) is 5.32 Å². The topological polar surface area (TPSA) is 32.3 Å². The molecule has 0 bridgehead atoms. The molecule has 0 radical (unpaired) electrons. The van der Waals surface area contributed by atoms with Crippen molar-refractivity contribution in [3.8, 4) is 0 Å². The molecule has 0 aromatic heterocycles. The molecule has 1 aliphatic heterocycles. The van der Waals surface area contributed by atoms with Crippen LogP contribution in [0.4, 0.5) is 0 Å². The number of hydrogen-bond donors (Lipinski definition) is 2. The van der Waals surface area contributed by atoms with Gasteiger partial charge in [-0.3, -0.25) is 0 Å². The molecule has 1 aliphatic carbocycles. The lowest BCUT2D eigenvalue weighted by molar-refractivity contribution is 0.129. The lowest BCUT2D eigenvalue weighted by Gasteiger charge is -2.21. The quantitative estimate of drug-likeness (QED) is 0.748. The number of aliphatic hydroxyl groups is 1. The number of aliphatic hydroxyl groups excluding tert-OH is 1. The van der Waals surface area contributed by atoms with Crippen LogP contribution in [0, 0.1) is 11.8 Å². The summed E-state index contributed by atoms with van der Waals surface area (Å²) in [5.74, 6) is 3.88. The van der Waals surface area contributed by atoms with E-state index in [-0.39, 0.29) is 6.10 Å². The molecule has 2 N–H and O–H groups in total. The van der Waals surface area contributed by atoms with Gasteiger partial charge in [0.1, 0.15) is 0 Å². The molecule has 3 heteroatoms. The molecule has 82 valence electrons. The molecule has 4 unspecified atom stereocenters. The van der Waals surface area contributed by atoms with Gasteiger partial charge in [0.2, 0.25) is 0 Å². The maximum atomic E-state index is 9.68. The van der Waals surface area contributed by atoms with E-state index in [4.69, 9.17) is 0 Å². The van der Waals surface area contributed by atoms with Crippen molar-refractivity contribution in [1.29, 1.82) is 0 Å². The fourth-order valence-electron chi connectivity index (χ4n) is 2.48. The average molecular weight is 215 g/mol. The van der Waals surface area contributed by atoms with Gasteiger partial charge in [-0.1, -0.05) is 13.3 Å². The Morgan fingerprint density at radius 1 is 1.36 bits per heavy atom. The molecule has 2 aliphatic rings. The normalized spacial score (nSPS) is 43.3. The van der Waals surface area contributed by atoms with E-state index in [0.29, 0.717) is 12.0 Å². The summed E-state index contributed by atoms with van der Waals surface area (Å²) < 4.78 is 0. The first-order chi connectivity index (χ1) is 6.77. The minimum absolute atomic E-state index is 0.0353. The Morgan fingerprint density at radius 2 is 2.21 bits per heavy atom. The Balaban J connectivity index is 1.71. The summed E-state index contributed by atoms with van der Waals surface area (Å²) in [6.45, 7) is 3.35. The summed E-state index contributed by atoms with van der Waals surface area (Å²) in [6, 6.07) is 0.688. The van der Waals surface area contributed by atoms with Crippen molar-refractivity contribution in [2.24, 2.45) is 11.8 Å². The highest BCUT2D eigenvalue weighted by Gasteiger charge is 2.28. The lowest BCUT2D eigenvalue weighted by atomic mass is 10.0. The second-order valence-electron chi connectivity index (χ2n) is 4.79. The second-order valence-corrected chi connectivity index (χ2v) is 5.86. The Hall–Kier alpha value is 0.270. The summed E-state index contributed by atoms with van der Waals surface area (Å²) in [5, 5.41) is 13.3. The van der Waals surface area contributed by atoms with Crippen LogP contribution in [0.15, 0.2) is 0 Å². The van der Waals surface area contributed by atoms with Gasteiger partial charge in [-0.2, -0.15) is 11.8 Å². The van der Waals surface area contributed by atoms with E-state index in [1.165, 1.54) is 24.3 Å². The first-order valence-corrected chi connectivity index (χ1v) is 6.92. The summed E-state index contributed by atoms with van der Waals surface area (Å²) in [5.41, 5.74) is 0. The molecule has 4 atom stereocenters. The molecular formula is C11H21NOS. The van der Waals surface area contributed by atoms with Crippen LogP contribution in [0.1, 0.15) is 26.2 Å². The van der Waals surface area contributed by atoms with Gasteiger partial charge in [-0.25, -0.2) is 0 Å². The van der Waals surface area contributed by atoms with Crippen molar-refractivity contribution in [2.75, 3.05) is 18.1 Å². The van der Waals surface area contributed by atoms with Crippen LogP contribution < -0.4 is 5.32 Å². The minimum Gasteiger partial charge on any atom is -0.393 e. The van der Waals surface area contributed by atoms with Crippen LogP contribution in [-0.2, 0) is 0 Å². The van der Waals surface area contributed by atoms with E-state index < -0.39 is 0 Å². The van der Waals surface area contributed by atoms with Gasteiger partial charge in [0.25, 0.3) is 0 Å². The average Bonchev–Trinajstić information content (AvgIpc) is 2.72. The molecule has 0 spiro atoms. The van der Waals surface area contributed by atoms with Gasteiger partial charge >= 0.3 is 0 Å². The molecule has 1 heterocycles. The molecule has 2 fully saturated rings. The fourth-order valence-corrected chi connectivity index (χ4v) is 3.92. The van der Waals surface area contributed by atoms with Crippen LogP contribution >= 0.6 is 11.8 Å². The van der Waals surface area contributed by atoms with Crippen molar-refractivity contribution in [2.45, 2.75) is 38.3 Å². The Labute approximate surface area is 90.8 Å². The third kappa shape index (κ3) is 2.44. The van der Waals surface area contributed by atoms with E-state index in [1.807, 2.05) is 11.8 Å². The number of rotatable bonds is 3. The first kappa shape index (κ1) is 10.8. The summed E-state index contributed by atoms with van der Waals surface area (Å²) in [4.78, 5) is 0. The van der Waals surface area contributed by atoms with E-state index >= 15 is 0 Å². The molecule has 0 aromatic rings. The standard InChI is InChI=1S/C11H21NOS/c1-8-6-14-7-10(8)12-5-9-3-2-4-11(9)13/h8-13H,2-7H2,1H3. The first-order valence-electron chi connectivity index (χ1n) is 5.76. The molecule has 0 aromatic carbocycles. The molecule has 2 rings (SSSR count). The van der Waals surface area contributed by atoms with Crippen LogP contribution in [-0.4, -0.2) is 35.3 Å². The van der Waals surface area contributed by atoms with E-state index in [2.05, 4.69) is 12.2 Å². The summed E-state index contributed by atoms with van der Waals surface area (Å²) >= 11 is 2.05. The Morgan fingerprint density at radius 3 is 2.79 bits per heavy atom.